The highest BCUT2D eigenvalue weighted by Gasteiger charge is 2.13. The van der Waals surface area contributed by atoms with Crippen LogP contribution in [0.25, 0.3) is 0 Å². The average Bonchev–Trinajstić information content (AvgIpc) is 2.84. The van der Waals surface area contributed by atoms with E-state index in [4.69, 9.17) is 17.3 Å². The van der Waals surface area contributed by atoms with Gasteiger partial charge in [-0.25, -0.2) is 4.98 Å². The number of aromatic nitrogens is 2. The minimum Gasteiger partial charge on any atom is -0.367 e. The van der Waals surface area contributed by atoms with E-state index in [2.05, 4.69) is 29.9 Å². The summed E-state index contributed by atoms with van der Waals surface area (Å²) in [7, 11) is 4.07. The predicted molar refractivity (Wildman–Crippen MR) is 88.7 cm³/mol. The summed E-state index contributed by atoms with van der Waals surface area (Å²) < 4.78 is 2.03. The summed E-state index contributed by atoms with van der Waals surface area (Å²) in [4.78, 5) is 6.57. The first kappa shape index (κ1) is 15.9. The molecule has 21 heavy (non-hydrogen) atoms. The number of nitrogens with two attached hydrogens (primary N) is 1. The number of hydrogen-bond donors (Lipinski definition) is 1. The molecule has 1 unspecified atom stereocenters. The number of hydrogen-bond acceptors (Lipinski definition) is 3. The highest BCUT2D eigenvalue weighted by Crippen LogP contribution is 2.26. The highest BCUT2D eigenvalue weighted by molar-refractivity contribution is 6.30. The lowest BCUT2D eigenvalue weighted by molar-refractivity contribution is 0.644. The fraction of sp³-hybridized carbons (Fsp3) is 0.438. The zero-order valence-corrected chi connectivity index (χ0v) is 13.6. The van der Waals surface area contributed by atoms with Crippen LogP contribution in [0.4, 0.5) is 5.69 Å². The normalized spacial score (nSPS) is 12.4. The molecule has 2 aromatic rings. The highest BCUT2D eigenvalue weighted by atomic mass is 35.5. The quantitative estimate of drug-likeness (QED) is 0.892. The van der Waals surface area contributed by atoms with Crippen LogP contribution >= 0.6 is 11.6 Å². The summed E-state index contributed by atoms with van der Waals surface area (Å²) in [6.45, 7) is 2.85. The van der Waals surface area contributed by atoms with Gasteiger partial charge in [0.25, 0.3) is 0 Å². The number of anilines is 1. The second-order valence-corrected chi connectivity index (χ2v) is 5.89. The van der Waals surface area contributed by atoms with E-state index >= 15 is 0 Å². The van der Waals surface area contributed by atoms with Crippen LogP contribution in [-0.2, 0) is 20.0 Å². The van der Waals surface area contributed by atoms with Crippen LogP contribution in [0.5, 0.6) is 0 Å². The van der Waals surface area contributed by atoms with Crippen molar-refractivity contribution < 1.29 is 0 Å². The molecule has 114 valence electrons. The van der Waals surface area contributed by atoms with Crippen molar-refractivity contribution in [2.75, 3.05) is 11.9 Å². The number of halogens is 1. The Labute approximate surface area is 131 Å². The molecule has 0 amide bonds. The van der Waals surface area contributed by atoms with Gasteiger partial charge < -0.3 is 15.2 Å². The maximum Gasteiger partial charge on any atom is 0.127 e. The molecule has 1 aromatic carbocycles. The Morgan fingerprint density at radius 1 is 1.43 bits per heavy atom. The van der Waals surface area contributed by atoms with Crippen molar-refractivity contribution in [3.8, 4) is 0 Å². The summed E-state index contributed by atoms with van der Waals surface area (Å²) >= 11 is 6.14. The molecular weight excluding hydrogens is 284 g/mol. The van der Waals surface area contributed by atoms with Crippen molar-refractivity contribution in [1.29, 1.82) is 0 Å². The Bertz CT molecular complexity index is 594. The SMILES string of the molecule is CCC(N)Cc1cc(Cl)ccc1N(C)Cc1nccn1C. The van der Waals surface area contributed by atoms with Gasteiger partial charge >= 0.3 is 0 Å². The Kier molecular flexibility index (Phi) is 5.26. The minimum atomic E-state index is 0.156. The summed E-state index contributed by atoms with van der Waals surface area (Å²) in [5, 5.41) is 0.752. The van der Waals surface area contributed by atoms with Gasteiger partial charge in [-0.3, -0.25) is 0 Å². The van der Waals surface area contributed by atoms with E-state index in [1.54, 1.807) is 0 Å². The summed E-state index contributed by atoms with van der Waals surface area (Å²) in [6, 6.07) is 6.15. The third-order valence-electron chi connectivity index (χ3n) is 3.76. The van der Waals surface area contributed by atoms with Gasteiger partial charge in [0.1, 0.15) is 5.82 Å². The molecule has 0 saturated heterocycles. The second kappa shape index (κ2) is 6.96. The van der Waals surface area contributed by atoms with Crippen LogP contribution in [0.15, 0.2) is 30.6 Å². The third kappa shape index (κ3) is 3.99. The maximum atomic E-state index is 6.14. The molecule has 4 nitrogen and oxygen atoms in total. The molecule has 0 saturated carbocycles. The fourth-order valence-electron chi connectivity index (χ4n) is 2.36. The van der Waals surface area contributed by atoms with Gasteiger partial charge in [-0.15, -0.1) is 0 Å². The van der Waals surface area contributed by atoms with E-state index < -0.39 is 0 Å². The molecule has 1 atom stereocenters. The molecule has 0 aliphatic heterocycles. The molecule has 0 aliphatic carbocycles. The Morgan fingerprint density at radius 2 is 2.19 bits per heavy atom. The number of imidazole rings is 1. The van der Waals surface area contributed by atoms with Crippen LogP contribution in [0.1, 0.15) is 24.7 Å². The van der Waals surface area contributed by atoms with E-state index in [0.29, 0.717) is 0 Å². The smallest absolute Gasteiger partial charge is 0.127 e. The van der Waals surface area contributed by atoms with E-state index in [9.17, 15) is 0 Å². The first-order valence-corrected chi connectivity index (χ1v) is 7.60. The lowest BCUT2D eigenvalue weighted by atomic mass is 10.0. The monoisotopic (exact) mass is 306 g/mol. The molecule has 1 aromatic heterocycles. The van der Waals surface area contributed by atoms with Crippen molar-refractivity contribution in [2.24, 2.45) is 12.8 Å². The van der Waals surface area contributed by atoms with Crippen molar-refractivity contribution in [3.63, 3.8) is 0 Å². The van der Waals surface area contributed by atoms with Gasteiger partial charge in [-0.2, -0.15) is 0 Å². The van der Waals surface area contributed by atoms with Gasteiger partial charge in [-0.1, -0.05) is 18.5 Å². The Morgan fingerprint density at radius 3 is 2.81 bits per heavy atom. The second-order valence-electron chi connectivity index (χ2n) is 5.46. The van der Waals surface area contributed by atoms with Gasteiger partial charge in [-0.05, 0) is 36.6 Å². The molecule has 1 heterocycles. The zero-order valence-electron chi connectivity index (χ0n) is 12.9. The molecular formula is C16H23ClN4. The van der Waals surface area contributed by atoms with Crippen molar-refractivity contribution in [2.45, 2.75) is 32.4 Å². The van der Waals surface area contributed by atoms with Crippen LogP contribution in [-0.4, -0.2) is 22.6 Å². The van der Waals surface area contributed by atoms with Crippen molar-refractivity contribution in [3.05, 3.63) is 47.0 Å². The van der Waals surface area contributed by atoms with Crippen LogP contribution < -0.4 is 10.6 Å². The number of aryl methyl sites for hydroxylation is 1. The molecule has 0 radical (unpaired) electrons. The first-order chi connectivity index (χ1) is 10.0. The number of benzene rings is 1. The summed E-state index contributed by atoms with van der Waals surface area (Å²) in [5.41, 5.74) is 8.45. The van der Waals surface area contributed by atoms with Gasteiger partial charge in [0.2, 0.25) is 0 Å². The molecule has 0 fully saturated rings. The molecule has 2 N–H and O–H groups in total. The molecule has 0 spiro atoms. The summed E-state index contributed by atoms with van der Waals surface area (Å²) in [5.74, 6) is 1.03. The summed E-state index contributed by atoms with van der Waals surface area (Å²) in [6.07, 6.45) is 5.56. The lowest BCUT2D eigenvalue weighted by Crippen LogP contribution is -2.25. The van der Waals surface area contributed by atoms with Crippen molar-refractivity contribution >= 4 is 17.3 Å². The third-order valence-corrected chi connectivity index (χ3v) is 3.99. The predicted octanol–water partition coefficient (Wildman–Crippen LogP) is 2.99. The van der Waals surface area contributed by atoms with E-state index in [1.165, 1.54) is 5.56 Å². The largest absolute Gasteiger partial charge is 0.367 e. The van der Waals surface area contributed by atoms with E-state index in [1.807, 2.05) is 36.1 Å². The van der Waals surface area contributed by atoms with E-state index in [0.717, 1.165) is 35.9 Å². The van der Waals surface area contributed by atoms with Gasteiger partial charge in [0.05, 0.1) is 6.54 Å². The molecule has 0 aliphatic rings. The number of rotatable bonds is 6. The number of nitrogens with zero attached hydrogens (tertiary/aromatic N) is 3. The lowest BCUT2D eigenvalue weighted by Gasteiger charge is -2.23. The fourth-order valence-corrected chi connectivity index (χ4v) is 2.56. The van der Waals surface area contributed by atoms with E-state index in [-0.39, 0.29) is 6.04 Å². The molecule has 0 bridgehead atoms. The first-order valence-electron chi connectivity index (χ1n) is 7.22. The van der Waals surface area contributed by atoms with Crippen LogP contribution in [0, 0.1) is 0 Å². The topological polar surface area (TPSA) is 47.1 Å². The molecule has 2 rings (SSSR count). The maximum absolute atomic E-state index is 6.14. The zero-order chi connectivity index (χ0) is 15.4. The van der Waals surface area contributed by atoms with Gasteiger partial charge in [0.15, 0.2) is 0 Å². The average molecular weight is 307 g/mol. The molecule has 5 heteroatoms. The standard InChI is InChI=1S/C16H23ClN4/c1-4-14(18)10-12-9-13(17)5-6-15(12)21(3)11-16-19-7-8-20(16)2/h5-9,14H,4,10-11,18H2,1-3H3. The van der Waals surface area contributed by atoms with Crippen LogP contribution in [0.2, 0.25) is 5.02 Å². The minimum absolute atomic E-state index is 0.156. The Balaban J connectivity index is 2.23. The van der Waals surface area contributed by atoms with Gasteiger partial charge in [0, 0.05) is 43.2 Å². The Hall–Kier alpha value is -1.52. The van der Waals surface area contributed by atoms with Crippen molar-refractivity contribution in [1.82, 2.24) is 9.55 Å². The van der Waals surface area contributed by atoms with Crippen LogP contribution in [0.3, 0.4) is 0 Å².